The van der Waals surface area contributed by atoms with Crippen molar-refractivity contribution in [3.05, 3.63) is 243 Å². The number of nitrogens with zero attached hydrogens (tertiary/aromatic N) is 12. The van der Waals surface area contributed by atoms with E-state index in [-0.39, 0.29) is 61.2 Å². The molecule has 3 N–H and O–H groups in total. The fourth-order valence-corrected chi connectivity index (χ4v) is 15.7. The lowest BCUT2D eigenvalue weighted by molar-refractivity contribution is -0.139. The van der Waals surface area contributed by atoms with Crippen LogP contribution in [0.4, 0.5) is 58.6 Å². The molecule has 3 amide bonds. The Labute approximate surface area is 704 Å². The molecule has 6 fully saturated rings. The van der Waals surface area contributed by atoms with E-state index in [1.165, 1.54) is 59.5 Å². The molecule has 16 rings (SSSR count). The lowest BCUT2D eigenvalue weighted by atomic mass is 9.80. The number of rotatable bonds is 25. The van der Waals surface area contributed by atoms with Crippen molar-refractivity contribution in [2.24, 2.45) is 0 Å². The number of hydrogen-bond acceptors (Lipinski definition) is 20. The molecule has 9 heterocycles. The highest BCUT2D eigenvalue weighted by molar-refractivity contribution is 5.89. The van der Waals surface area contributed by atoms with Gasteiger partial charge in [-0.15, -0.1) is 0 Å². The summed E-state index contributed by atoms with van der Waals surface area (Å²) in [4.78, 5) is 112. The molecule has 640 valence electrons. The number of anilines is 3. The third kappa shape index (κ3) is 18.9. The maximum atomic E-state index is 15.2. The Hall–Kier alpha value is -13.4. The van der Waals surface area contributed by atoms with E-state index in [1.807, 2.05) is 62.9 Å². The van der Waals surface area contributed by atoms with Gasteiger partial charge >= 0.3 is 42.4 Å². The van der Waals surface area contributed by atoms with Gasteiger partial charge in [0.2, 0.25) is 17.8 Å². The van der Waals surface area contributed by atoms with Crippen LogP contribution in [0.3, 0.4) is 0 Å². The Kier molecular flexibility index (Phi) is 25.2. The van der Waals surface area contributed by atoms with Gasteiger partial charge in [-0.1, -0.05) is 74.5 Å². The van der Waals surface area contributed by atoms with E-state index >= 15 is 4.39 Å². The molecule has 6 atom stereocenters. The minimum atomic E-state index is -4.55. The minimum Gasteiger partial charge on any atom is -0.496 e. The highest BCUT2D eigenvalue weighted by Gasteiger charge is 2.45. The molecule has 26 nitrogen and oxygen atoms in total. The van der Waals surface area contributed by atoms with E-state index in [9.17, 15) is 60.9 Å². The first kappa shape index (κ1) is 86.0. The van der Waals surface area contributed by atoms with Crippen molar-refractivity contribution in [3.63, 3.8) is 0 Å². The van der Waals surface area contributed by atoms with Crippen LogP contribution in [0.1, 0.15) is 151 Å². The van der Waals surface area contributed by atoms with Crippen LogP contribution in [0, 0.1) is 24.4 Å². The second-order valence-corrected chi connectivity index (χ2v) is 31.7. The number of carboxylic acid groups (broad SMARTS) is 3. The van der Waals surface area contributed by atoms with Crippen molar-refractivity contribution < 1.29 is 94.1 Å². The number of carbonyl (C=O) groups is 6. The molecular weight excluding hydrogens is 1600 g/mol. The number of benzene rings is 7. The number of aliphatic carboxylic acids is 2. The summed E-state index contributed by atoms with van der Waals surface area (Å²) in [5, 5.41) is 27.9. The molecule has 0 radical (unpaired) electrons. The first-order valence-electron chi connectivity index (χ1n) is 40.2. The summed E-state index contributed by atoms with van der Waals surface area (Å²) in [5.41, 5.74) is 8.52. The van der Waals surface area contributed by atoms with E-state index in [4.69, 9.17) is 43.7 Å². The topological polar surface area (TPSA) is 306 Å². The number of aryl methyl sites for hydroxylation is 2. The second-order valence-electron chi connectivity index (χ2n) is 31.7. The van der Waals surface area contributed by atoms with E-state index in [0.29, 0.717) is 108 Å². The molecule has 123 heavy (non-hydrogen) atoms. The average Bonchev–Trinajstić information content (AvgIpc) is 1.75. The Morgan fingerprint density at radius 2 is 0.927 bits per heavy atom. The number of halogens is 6. The van der Waals surface area contributed by atoms with Gasteiger partial charge in [0, 0.05) is 103 Å². The van der Waals surface area contributed by atoms with Gasteiger partial charge in [0.05, 0.1) is 86.6 Å². The number of methoxy groups -OCH3 is 2. The number of amides is 3. The molecule has 3 aromatic heterocycles. The summed E-state index contributed by atoms with van der Waals surface area (Å²) in [6, 6.07) is 35.5. The molecule has 0 unspecified atom stereocenters. The molecule has 6 aliphatic rings. The zero-order chi connectivity index (χ0) is 87.5. The second kappa shape index (κ2) is 36.1. The zero-order valence-corrected chi connectivity index (χ0v) is 68.6. The maximum absolute atomic E-state index is 15.2. The Bertz CT molecular complexity index is 5690. The summed E-state index contributed by atoms with van der Waals surface area (Å²) < 4.78 is 111. The lowest BCUT2D eigenvalue weighted by Gasteiger charge is -2.31. The van der Waals surface area contributed by atoms with E-state index in [2.05, 4.69) is 24.8 Å². The highest BCUT2D eigenvalue weighted by Crippen LogP contribution is 2.45. The van der Waals surface area contributed by atoms with Gasteiger partial charge in [-0.2, -0.15) is 13.2 Å². The Morgan fingerprint density at radius 3 is 1.35 bits per heavy atom. The van der Waals surface area contributed by atoms with Crippen molar-refractivity contribution in [1.29, 1.82) is 0 Å². The molecule has 0 spiro atoms. The molecule has 10 aromatic rings. The first-order chi connectivity index (χ1) is 58.8. The average molecular weight is 1690 g/mol. The van der Waals surface area contributed by atoms with Gasteiger partial charge in [0.15, 0.2) is 0 Å². The third-order valence-corrected chi connectivity index (χ3v) is 23.1. The number of aromatic carboxylic acids is 1. The first-order valence-corrected chi connectivity index (χ1v) is 40.2. The monoisotopic (exact) mass is 1690 g/mol. The Balaban J connectivity index is 0.000000151. The van der Waals surface area contributed by atoms with Crippen molar-refractivity contribution in [2.75, 3.05) is 68.2 Å². The molecular formula is C91H90F6N12O14. The van der Waals surface area contributed by atoms with Crippen LogP contribution >= 0.6 is 0 Å². The van der Waals surface area contributed by atoms with E-state index < -0.39 is 95.1 Å². The molecule has 32 heteroatoms. The number of ether oxygens (including phenoxy) is 5. The normalized spacial score (nSPS) is 18.6. The molecule has 0 saturated carbocycles. The van der Waals surface area contributed by atoms with Gasteiger partial charge in [-0.3, -0.25) is 24.3 Å². The van der Waals surface area contributed by atoms with E-state index in [1.54, 1.807) is 105 Å². The molecule has 6 aliphatic heterocycles. The number of carboxylic acids is 3. The summed E-state index contributed by atoms with van der Waals surface area (Å²) in [6.45, 7) is 16.1. The zero-order valence-electron chi connectivity index (χ0n) is 68.6. The summed E-state index contributed by atoms with van der Waals surface area (Å²) >= 11 is 0. The van der Waals surface area contributed by atoms with E-state index in [0.717, 1.165) is 81.8 Å². The number of carbonyl (C=O) groups excluding carboxylic acids is 3. The molecule has 6 saturated heterocycles. The fourth-order valence-electron chi connectivity index (χ4n) is 15.7. The largest absolute Gasteiger partial charge is 0.496 e. The summed E-state index contributed by atoms with van der Waals surface area (Å²) in [5.74, 6) is -1.36. The van der Waals surface area contributed by atoms with Gasteiger partial charge in [-0.05, 0) is 183 Å². The van der Waals surface area contributed by atoms with Crippen LogP contribution < -0.4 is 24.2 Å². The van der Waals surface area contributed by atoms with Crippen LogP contribution in [-0.2, 0) is 61.4 Å². The SMILES string of the molecule is COc1ccc(C(C)(C)CC(=O)O)cc1-c1cnc(N2CCC2)nc1CN1C(=O)O[C@H](c2cccc(F)c2)[C@@H]1C.COc1ccc(CCC(=O)O)cc1-c1cnc(N2CCC2)nc1CN1C(=O)O[C@H](c2cccc(F)c2)[C@@H]1C.Cc1cc(C(=O)O)ccc1-c1cc(-c2cnc(N3CCC3)nc2CN2C(=O)O[C@H](c3cccc(C(F)(F)F)c3)[C@@H]2C)ccc1F. The number of hydrogen-bond donors (Lipinski definition) is 3. The molecule has 7 aromatic carbocycles. The lowest BCUT2D eigenvalue weighted by Crippen LogP contribution is -2.39. The van der Waals surface area contributed by atoms with Gasteiger partial charge < -0.3 is 53.7 Å². The quantitative estimate of drug-likeness (QED) is 0.0354. The predicted octanol–water partition coefficient (Wildman–Crippen LogP) is 17.2. The van der Waals surface area contributed by atoms with Crippen molar-refractivity contribution in [1.82, 2.24) is 44.6 Å². The van der Waals surface area contributed by atoms with Gasteiger partial charge in [0.1, 0.15) is 47.3 Å². The van der Waals surface area contributed by atoms with Crippen LogP contribution in [-0.4, -0.2) is 168 Å². The van der Waals surface area contributed by atoms with Crippen LogP contribution in [0.15, 0.2) is 164 Å². The Morgan fingerprint density at radius 1 is 0.480 bits per heavy atom. The summed E-state index contributed by atoms with van der Waals surface area (Å²) in [7, 11) is 3.13. The maximum Gasteiger partial charge on any atom is 0.416 e. The van der Waals surface area contributed by atoms with Crippen LogP contribution in [0.5, 0.6) is 11.5 Å². The van der Waals surface area contributed by atoms with Crippen molar-refractivity contribution in [3.8, 4) is 56.0 Å². The standard InChI is InChI=1S/C33H28F4N4O4.C30H33FN4O5.C28H29FN4O5/c1-18-13-22(30(42)43)7-9-24(18)25-15-20(8-10-27(25)34)26-16-38-31(40-11-4-12-40)39-28(26)17-41-19(2)29(45-32(41)44)21-5-3-6-23(14-21)33(35,36)37;1-18-27(19-7-5-8-21(31)13-19)40-29(38)35(18)17-24-23(16-32-28(33-24)34-11-6-12-34)22-14-20(9-10-25(22)39-4)30(2,3)15-26(36)37;1-17-26(19-5-3-6-20(29)14-19)38-28(36)33(17)16-23-22(15-30-27(31-23)32-11-4-12-32)21-13-18(8-10-25(34)35)7-9-24(21)37-2/h3,5-10,13-16,19,29H,4,11-12,17H2,1-2H3,(H,42,43);5,7-10,13-14,16,18,27H,6,11-12,15,17H2,1-4H3,(H,36,37);3,5-7,9,13-15,17,26H,4,8,10-12,16H2,1-2H3,(H,34,35)/t19-,29-;18-,27-;17-,26-/m000/s1. The van der Waals surface area contributed by atoms with Crippen molar-refractivity contribution >= 4 is 54.0 Å². The smallest absolute Gasteiger partial charge is 0.416 e. The van der Waals surface area contributed by atoms with Gasteiger partial charge in [0.25, 0.3) is 0 Å². The molecule has 0 aliphatic carbocycles. The molecule has 0 bridgehead atoms. The fraction of sp³-hybridized carbons (Fsp3) is 0.341. The summed E-state index contributed by atoms with van der Waals surface area (Å²) in [6.07, 6.45) is 0.0373. The van der Waals surface area contributed by atoms with Gasteiger partial charge in [-0.25, -0.2) is 62.3 Å². The number of aromatic nitrogens is 6. The predicted molar refractivity (Wildman–Crippen MR) is 441 cm³/mol. The van der Waals surface area contributed by atoms with Crippen LogP contribution in [0.25, 0.3) is 44.5 Å². The highest BCUT2D eigenvalue weighted by atomic mass is 19.4. The van der Waals surface area contributed by atoms with Crippen LogP contribution in [0.2, 0.25) is 0 Å². The number of alkyl halides is 3. The third-order valence-electron chi connectivity index (χ3n) is 23.1. The number of cyclic esters (lactones) is 3. The van der Waals surface area contributed by atoms with Crippen molar-refractivity contribution in [2.45, 2.75) is 148 Å². The minimum absolute atomic E-state index is 0.00161.